The number of hydrogen-bond acceptors (Lipinski definition) is 4. The van der Waals surface area contributed by atoms with Crippen LogP contribution in [0.25, 0.3) is 11.0 Å². The lowest BCUT2D eigenvalue weighted by Crippen LogP contribution is -2.46. The largest absolute Gasteiger partial charge is 0.495 e. The van der Waals surface area contributed by atoms with Gasteiger partial charge in [-0.3, -0.25) is 4.90 Å². The number of ether oxygens (including phenoxy) is 1. The lowest BCUT2D eigenvalue weighted by Gasteiger charge is -2.36. The zero-order valence-corrected chi connectivity index (χ0v) is 13.9. The Hall–Kier alpha value is -2.53. The number of pyridine rings is 1. The first-order chi connectivity index (χ1) is 11.8. The number of anilines is 1. The van der Waals surface area contributed by atoms with Crippen molar-refractivity contribution >= 4 is 16.7 Å². The number of piperazine rings is 1. The Morgan fingerprint density at radius 1 is 1.08 bits per heavy atom. The van der Waals surface area contributed by atoms with Crippen molar-refractivity contribution in [2.45, 2.75) is 6.54 Å². The fourth-order valence-electron chi connectivity index (χ4n) is 3.38. The smallest absolute Gasteiger partial charge is 0.142 e. The second-order valence-corrected chi connectivity index (χ2v) is 6.17. The molecule has 1 saturated heterocycles. The van der Waals surface area contributed by atoms with Gasteiger partial charge < -0.3 is 14.6 Å². The fraction of sp³-hybridized carbons (Fsp3) is 0.316. The third-order valence-electron chi connectivity index (χ3n) is 4.64. The number of nitrogens with one attached hydrogen (secondary N) is 1. The first kappa shape index (κ1) is 15.0. The fourth-order valence-corrected chi connectivity index (χ4v) is 3.38. The van der Waals surface area contributed by atoms with E-state index in [2.05, 4.69) is 44.0 Å². The van der Waals surface area contributed by atoms with Crippen LogP contribution in [0.4, 0.5) is 5.69 Å². The van der Waals surface area contributed by atoms with Gasteiger partial charge in [-0.15, -0.1) is 0 Å². The standard InChI is InChI=1S/C19H22N4O/c1-24-18-7-3-2-6-17(18)23-11-9-22(10-12-23)14-16-13-15-5-4-8-20-19(15)21-16/h2-8,13H,9-12,14H2,1H3,(H,20,21). The van der Waals surface area contributed by atoms with Crippen LogP contribution in [-0.4, -0.2) is 48.2 Å². The molecule has 24 heavy (non-hydrogen) atoms. The van der Waals surface area contributed by atoms with Gasteiger partial charge in [0.15, 0.2) is 0 Å². The van der Waals surface area contributed by atoms with E-state index in [0.29, 0.717) is 0 Å². The Labute approximate surface area is 141 Å². The molecule has 5 nitrogen and oxygen atoms in total. The van der Waals surface area contributed by atoms with Crippen LogP contribution in [0.2, 0.25) is 0 Å². The highest BCUT2D eigenvalue weighted by Crippen LogP contribution is 2.28. The Bertz CT molecular complexity index is 788. The predicted molar refractivity (Wildman–Crippen MR) is 96.6 cm³/mol. The van der Waals surface area contributed by atoms with E-state index in [1.807, 2.05) is 24.4 Å². The number of nitrogens with zero attached hydrogens (tertiary/aromatic N) is 3. The summed E-state index contributed by atoms with van der Waals surface area (Å²) in [6.07, 6.45) is 1.83. The summed E-state index contributed by atoms with van der Waals surface area (Å²) < 4.78 is 5.49. The van der Waals surface area contributed by atoms with Gasteiger partial charge in [0.1, 0.15) is 11.4 Å². The van der Waals surface area contributed by atoms with Crippen molar-refractivity contribution in [2.24, 2.45) is 0 Å². The summed E-state index contributed by atoms with van der Waals surface area (Å²) in [5, 5.41) is 1.18. The molecule has 1 aromatic carbocycles. The highest BCUT2D eigenvalue weighted by Gasteiger charge is 2.20. The van der Waals surface area contributed by atoms with Crippen LogP contribution in [0.1, 0.15) is 5.69 Å². The SMILES string of the molecule is COc1ccccc1N1CCN(Cc2cc3cccnc3[nH]2)CC1. The van der Waals surface area contributed by atoms with Crippen LogP contribution >= 0.6 is 0 Å². The Morgan fingerprint density at radius 2 is 1.92 bits per heavy atom. The molecule has 0 amide bonds. The van der Waals surface area contributed by atoms with E-state index >= 15 is 0 Å². The lowest BCUT2D eigenvalue weighted by atomic mass is 10.2. The first-order valence-electron chi connectivity index (χ1n) is 8.36. The van der Waals surface area contributed by atoms with Crippen molar-refractivity contribution in [3.63, 3.8) is 0 Å². The zero-order chi connectivity index (χ0) is 16.4. The summed E-state index contributed by atoms with van der Waals surface area (Å²) in [6, 6.07) is 14.5. The molecular formula is C19H22N4O. The van der Waals surface area contributed by atoms with Gasteiger partial charge in [0.2, 0.25) is 0 Å². The number of hydrogen-bond donors (Lipinski definition) is 1. The van der Waals surface area contributed by atoms with Crippen molar-refractivity contribution < 1.29 is 4.74 Å². The van der Waals surface area contributed by atoms with Gasteiger partial charge in [-0.1, -0.05) is 12.1 Å². The molecule has 0 aliphatic carbocycles. The highest BCUT2D eigenvalue weighted by molar-refractivity contribution is 5.76. The quantitative estimate of drug-likeness (QED) is 0.802. The second-order valence-electron chi connectivity index (χ2n) is 6.17. The Balaban J connectivity index is 1.41. The molecule has 1 fully saturated rings. The molecule has 5 heteroatoms. The average Bonchev–Trinajstić information content (AvgIpc) is 3.04. The molecule has 1 aliphatic rings. The van der Waals surface area contributed by atoms with Gasteiger partial charge in [-0.05, 0) is 30.3 Å². The molecule has 1 aliphatic heterocycles. The summed E-state index contributed by atoms with van der Waals surface area (Å²) in [7, 11) is 1.74. The van der Waals surface area contributed by atoms with Crippen molar-refractivity contribution in [3.8, 4) is 5.75 Å². The summed E-state index contributed by atoms with van der Waals surface area (Å²) in [5.41, 5.74) is 3.39. The summed E-state index contributed by atoms with van der Waals surface area (Å²) >= 11 is 0. The number of benzene rings is 1. The van der Waals surface area contributed by atoms with E-state index < -0.39 is 0 Å². The molecule has 3 aromatic rings. The maximum atomic E-state index is 5.49. The monoisotopic (exact) mass is 322 g/mol. The van der Waals surface area contributed by atoms with E-state index in [-0.39, 0.29) is 0 Å². The van der Waals surface area contributed by atoms with Crippen molar-refractivity contribution in [1.82, 2.24) is 14.9 Å². The minimum atomic E-state index is 0.941. The van der Waals surface area contributed by atoms with Crippen LogP contribution in [-0.2, 0) is 6.54 Å². The normalized spacial score (nSPS) is 15.8. The number of aromatic nitrogens is 2. The Morgan fingerprint density at radius 3 is 2.71 bits per heavy atom. The minimum Gasteiger partial charge on any atom is -0.495 e. The molecule has 3 heterocycles. The third-order valence-corrected chi connectivity index (χ3v) is 4.64. The van der Waals surface area contributed by atoms with Gasteiger partial charge in [-0.2, -0.15) is 0 Å². The van der Waals surface area contributed by atoms with Crippen molar-refractivity contribution in [3.05, 3.63) is 54.4 Å². The van der Waals surface area contributed by atoms with Gasteiger partial charge in [0.25, 0.3) is 0 Å². The molecule has 0 spiro atoms. The van der Waals surface area contributed by atoms with Gasteiger partial charge in [0.05, 0.1) is 12.8 Å². The van der Waals surface area contributed by atoms with Crippen LogP contribution in [0.3, 0.4) is 0 Å². The summed E-state index contributed by atoms with van der Waals surface area (Å²) in [5.74, 6) is 0.952. The van der Waals surface area contributed by atoms with Crippen LogP contribution in [0.5, 0.6) is 5.75 Å². The molecule has 4 rings (SSSR count). The molecular weight excluding hydrogens is 300 g/mol. The predicted octanol–water partition coefficient (Wildman–Crippen LogP) is 2.89. The number of fused-ring (bicyclic) bond motifs is 1. The van der Waals surface area contributed by atoms with E-state index in [9.17, 15) is 0 Å². The van der Waals surface area contributed by atoms with E-state index in [1.165, 1.54) is 16.8 Å². The number of H-pyrrole nitrogens is 1. The molecule has 0 unspecified atom stereocenters. The number of rotatable bonds is 4. The summed E-state index contributed by atoms with van der Waals surface area (Å²) in [6.45, 7) is 5.05. The molecule has 0 radical (unpaired) electrons. The zero-order valence-electron chi connectivity index (χ0n) is 13.9. The molecule has 124 valence electrons. The maximum absolute atomic E-state index is 5.49. The minimum absolute atomic E-state index is 0.941. The molecule has 1 N–H and O–H groups in total. The molecule has 2 aromatic heterocycles. The summed E-state index contributed by atoms with van der Waals surface area (Å²) in [4.78, 5) is 12.7. The number of methoxy groups -OCH3 is 1. The third kappa shape index (κ3) is 2.95. The van der Waals surface area contributed by atoms with E-state index in [4.69, 9.17) is 4.74 Å². The molecule has 0 bridgehead atoms. The second kappa shape index (κ2) is 6.53. The number of para-hydroxylation sites is 2. The molecule has 0 saturated carbocycles. The average molecular weight is 322 g/mol. The van der Waals surface area contributed by atoms with Crippen LogP contribution in [0.15, 0.2) is 48.7 Å². The lowest BCUT2D eigenvalue weighted by molar-refractivity contribution is 0.247. The van der Waals surface area contributed by atoms with Crippen LogP contribution < -0.4 is 9.64 Å². The van der Waals surface area contributed by atoms with E-state index in [1.54, 1.807) is 7.11 Å². The highest BCUT2D eigenvalue weighted by atomic mass is 16.5. The van der Waals surface area contributed by atoms with Crippen molar-refractivity contribution in [2.75, 3.05) is 38.2 Å². The topological polar surface area (TPSA) is 44.4 Å². The number of aromatic amines is 1. The first-order valence-corrected chi connectivity index (χ1v) is 8.36. The van der Waals surface area contributed by atoms with E-state index in [0.717, 1.165) is 44.1 Å². The van der Waals surface area contributed by atoms with Gasteiger partial charge in [0, 0.05) is 50.0 Å². The molecule has 0 atom stereocenters. The maximum Gasteiger partial charge on any atom is 0.142 e. The van der Waals surface area contributed by atoms with Crippen LogP contribution in [0, 0.1) is 0 Å². The Kier molecular flexibility index (Phi) is 4.09. The van der Waals surface area contributed by atoms with Gasteiger partial charge in [-0.25, -0.2) is 4.98 Å². The van der Waals surface area contributed by atoms with Gasteiger partial charge >= 0.3 is 0 Å². The van der Waals surface area contributed by atoms with Crippen molar-refractivity contribution in [1.29, 1.82) is 0 Å².